The van der Waals surface area contributed by atoms with Gasteiger partial charge in [0.15, 0.2) is 5.65 Å². The fourth-order valence-corrected chi connectivity index (χ4v) is 5.92. The van der Waals surface area contributed by atoms with E-state index >= 15 is 0 Å². The molecule has 0 saturated carbocycles. The van der Waals surface area contributed by atoms with Crippen LogP contribution in [0, 0.1) is 0 Å². The molecule has 38 heavy (non-hydrogen) atoms. The van der Waals surface area contributed by atoms with Crippen LogP contribution in [-0.2, 0) is 33.8 Å². The number of carbonyl (C=O) groups excluding carboxylic acids is 2. The van der Waals surface area contributed by atoms with Crippen LogP contribution >= 0.6 is 0 Å². The highest BCUT2D eigenvalue weighted by Gasteiger charge is 2.31. The molecule has 2 saturated heterocycles. The Hall–Kier alpha value is -3.50. The van der Waals surface area contributed by atoms with Crippen molar-refractivity contribution in [3.8, 4) is 0 Å². The summed E-state index contributed by atoms with van der Waals surface area (Å²) in [5, 5.41) is 0. The molecule has 10 heteroatoms. The number of aromatic nitrogens is 3. The van der Waals surface area contributed by atoms with Crippen molar-refractivity contribution in [2.24, 2.45) is 0 Å². The van der Waals surface area contributed by atoms with E-state index < -0.39 is 0 Å². The van der Waals surface area contributed by atoms with Gasteiger partial charge in [-0.1, -0.05) is 12.1 Å². The molecular formula is C28H35N7O3. The van der Waals surface area contributed by atoms with Crippen molar-refractivity contribution in [1.82, 2.24) is 29.2 Å². The molecule has 1 atom stereocenters. The van der Waals surface area contributed by atoms with Crippen molar-refractivity contribution in [1.29, 1.82) is 0 Å². The van der Waals surface area contributed by atoms with E-state index in [1.54, 1.807) is 12.5 Å². The van der Waals surface area contributed by atoms with E-state index in [0.717, 1.165) is 50.3 Å². The van der Waals surface area contributed by atoms with Crippen LogP contribution in [-0.4, -0.2) is 106 Å². The zero-order valence-electron chi connectivity index (χ0n) is 22.0. The molecule has 0 radical (unpaired) electrons. The number of hydrogen-bond acceptors (Lipinski definition) is 7. The summed E-state index contributed by atoms with van der Waals surface area (Å²) < 4.78 is 7.25. The third kappa shape index (κ3) is 4.98. The second kappa shape index (κ2) is 10.7. The summed E-state index contributed by atoms with van der Waals surface area (Å²) in [7, 11) is 0. The highest BCUT2D eigenvalue weighted by atomic mass is 16.5. The number of ether oxygens (including phenoxy) is 1. The zero-order chi connectivity index (χ0) is 26.1. The summed E-state index contributed by atoms with van der Waals surface area (Å²) >= 11 is 0. The van der Waals surface area contributed by atoms with Crippen LogP contribution in [0.4, 0.5) is 5.69 Å². The Morgan fingerprint density at radius 3 is 2.68 bits per heavy atom. The smallest absolute Gasteiger partial charge is 0.242 e. The highest BCUT2D eigenvalue weighted by molar-refractivity contribution is 5.80. The average Bonchev–Trinajstić information content (AvgIpc) is 3.35. The van der Waals surface area contributed by atoms with Crippen LogP contribution in [0.1, 0.15) is 18.1 Å². The first-order valence-corrected chi connectivity index (χ1v) is 13.6. The predicted octanol–water partition coefficient (Wildman–Crippen LogP) is 1.39. The van der Waals surface area contributed by atoms with Crippen LogP contribution in [0.15, 0.2) is 42.9 Å². The maximum absolute atomic E-state index is 13.3. The van der Waals surface area contributed by atoms with E-state index in [1.807, 2.05) is 26.5 Å². The van der Waals surface area contributed by atoms with Gasteiger partial charge in [-0.2, -0.15) is 0 Å². The molecule has 10 nitrogen and oxygen atoms in total. The van der Waals surface area contributed by atoms with E-state index in [-0.39, 0.29) is 24.4 Å². The maximum atomic E-state index is 13.3. The van der Waals surface area contributed by atoms with Gasteiger partial charge in [-0.05, 0) is 42.7 Å². The van der Waals surface area contributed by atoms with Crippen LogP contribution in [0.5, 0.6) is 0 Å². The quantitative estimate of drug-likeness (QED) is 0.506. The highest BCUT2D eigenvalue weighted by Crippen LogP contribution is 2.31. The summed E-state index contributed by atoms with van der Waals surface area (Å²) in [5.41, 5.74) is 5.29. The molecule has 6 rings (SSSR count). The van der Waals surface area contributed by atoms with Crippen molar-refractivity contribution in [2.75, 3.05) is 63.9 Å². The van der Waals surface area contributed by atoms with Gasteiger partial charge < -0.3 is 24.0 Å². The fourth-order valence-electron chi connectivity index (χ4n) is 5.92. The van der Waals surface area contributed by atoms with Crippen LogP contribution < -0.4 is 4.90 Å². The van der Waals surface area contributed by atoms with E-state index in [1.165, 1.54) is 16.8 Å². The molecule has 3 aliphatic heterocycles. The van der Waals surface area contributed by atoms with Gasteiger partial charge in [0.1, 0.15) is 12.1 Å². The second-order valence-corrected chi connectivity index (χ2v) is 10.5. The van der Waals surface area contributed by atoms with Gasteiger partial charge in [0, 0.05) is 63.7 Å². The summed E-state index contributed by atoms with van der Waals surface area (Å²) in [6.07, 6.45) is 4.29. The Bertz CT molecular complexity index is 1320. The lowest BCUT2D eigenvalue weighted by atomic mass is 9.96. The van der Waals surface area contributed by atoms with Crippen molar-refractivity contribution in [3.05, 3.63) is 54.0 Å². The molecule has 2 amide bonds. The first-order valence-electron chi connectivity index (χ1n) is 13.6. The molecule has 0 bridgehead atoms. The number of nitrogens with zero attached hydrogens (tertiary/aromatic N) is 7. The number of pyridine rings is 1. The number of rotatable bonds is 5. The summed E-state index contributed by atoms with van der Waals surface area (Å²) in [4.78, 5) is 43.7. The normalized spacial score (nSPS) is 20.6. The standard InChI is InChI=1S/C28H35N7O3/c1-21-16-32(10-11-35(21)27(37)19-34-20-30-24-5-3-8-29-28(24)34)25-6-2-4-22-7-9-33(17-23(22)25)26(36)18-31-12-14-38-15-13-31/h2-6,8,20-21H,7,9-19H2,1H3/t21-/m1/s1. The Kier molecular flexibility index (Phi) is 6.99. The van der Waals surface area contributed by atoms with E-state index in [2.05, 4.69) is 44.9 Å². The summed E-state index contributed by atoms with van der Waals surface area (Å²) in [6, 6.07) is 10.3. The van der Waals surface area contributed by atoms with E-state index in [0.29, 0.717) is 32.8 Å². The van der Waals surface area contributed by atoms with Crippen molar-refractivity contribution < 1.29 is 14.3 Å². The Morgan fingerprint density at radius 1 is 0.974 bits per heavy atom. The SMILES string of the molecule is C[C@@H]1CN(c2cccc3c2CN(C(=O)CN2CCOCC2)CC3)CCN1C(=O)Cn1cnc2cccnc21. The van der Waals surface area contributed by atoms with Gasteiger partial charge in [-0.3, -0.25) is 14.5 Å². The van der Waals surface area contributed by atoms with Gasteiger partial charge >= 0.3 is 0 Å². The third-order valence-electron chi connectivity index (χ3n) is 8.03. The van der Waals surface area contributed by atoms with Crippen molar-refractivity contribution in [2.45, 2.75) is 32.5 Å². The van der Waals surface area contributed by atoms with E-state index in [4.69, 9.17) is 4.74 Å². The number of piperazine rings is 1. The summed E-state index contributed by atoms with van der Waals surface area (Å²) in [6.45, 7) is 9.41. The number of imidazole rings is 1. The summed E-state index contributed by atoms with van der Waals surface area (Å²) in [5.74, 6) is 0.273. The van der Waals surface area contributed by atoms with Crippen LogP contribution in [0.3, 0.4) is 0 Å². The van der Waals surface area contributed by atoms with Gasteiger partial charge in [0.25, 0.3) is 0 Å². The van der Waals surface area contributed by atoms with Crippen LogP contribution in [0.2, 0.25) is 0 Å². The molecule has 1 aromatic carbocycles. The molecule has 5 heterocycles. The maximum Gasteiger partial charge on any atom is 0.242 e. The monoisotopic (exact) mass is 517 g/mol. The molecule has 0 spiro atoms. The second-order valence-electron chi connectivity index (χ2n) is 10.5. The van der Waals surface area contributed by atoms with E-state index in [9.17, 15) is 9.59 Å². The van der Waals surface area contributed by atoms with Crippen LogP contribution in [0.25, 0.3) is 11.2 Å². The lowest BCUT2D eigenvalue weighted by molar-refractivity contribution is -0.135. The minimum atomic E-state index is 0.0671. The minimum Gasteiger partial charge on any atom is -0.379 e. The first kappa shape index (κ1) is 24.8. The third-order valence-corrected chi connectivity index (χ3v) is 8.03. The lowest BCUT2D eigenvalue weighted by Gasteiger charge is -2.43. The minimum absolute atomic E-state index is 0.0671. The predicted molar refractivity (Wildman–Crippen MR) is 144 cm³/mol. The number of fused-ring (bicyclic) bond motifs is 2. The zero-order valence-corrected chi connectivity index (χ0v) is 22.0. The Labute approximate surface area is 222 Å². The molecule has 3 aromatic rings. The lowest BCUT2D eigenvalue weighted by Crippen LogP contribution is -2.55. The Balaban J connectivity index is 1.11. The molecule has 0 aliphatic carbocycles. The first-order chi connectivity index (χ1) is 18.6. The molecular weight excluding hydrogens is 482 g/mol. The number of morpholine rings is 1. The number of benzene rings is 1. The largest absolute Gasteiger partial charge is 0.379 e. The molecule has 0 N–H and O–H groups in total. The number of amides is 2. The molecule has 0 unspecified atom stereocenters. The topological polar surface area (TPSA) is 87.0 Å². The number of carbonyl (C=O) groups is 2. The van der Waals surface area contributed by atoms with Crippen molar-refractivity contribution >= 4 is 28.7 Å². The van der Waals surface area contributed by atoms with Gasteiger partial charge in [0.2, 0.25) is 11.8 Å². The van der Waals surface area contributed by atoms with Gasteiger partial charge in [-0.15, -0.1) is 0 Å². The molecule has 2 fully saturated rings. The number of anilines is 1. The fraction of sp³-hybridized carbons (Fsp3) is 0.500. The van der Waals surface area contributed by atoms with Gasteiger partial charge in [-0.25, -0.2) is 9.97 Å². The number of hydrogen-bond donors (Lipinski definition) is 0. The average molecular weight is 518 g/mol. The molecule has 2 aromatic heterocycles. The molecule has 3 aliphatic rings. The molecule has 200 valence electrons. The van der Waals surface area contributed by atoms with Crippen molar-refractivity contribution in [3.63, 3.8) is 0 Å². The Morgan fingerprint density at radius 2 is 1.84 bits per heavy atom. The van der Waals surface area contributed by atoms with Gasteiger partial charge in [0.05, 0.1) is 26.1 Å².